The van der Waals surface area contributed by atoms with E-state index in [1.807, 2.05) is 30.3 Å². The molecule has 6 heteroatoms. The van der Waals surface area contributed by atoms with Crippen LogP contribution < -0.4 is 14.2 Å². The van der Waals surface area contributed by atoms with Gasteiger partial charge in [-0.25, -0.2) is 9.79 Å². The van der Waals surface area contributed by atoms with Crippen LogP contribution in [0.3, 0.4) is 0 Å². The van der Waals surface area contributed by atoms with E-state index in [0.717, 1.165) is 5.56 Å². The average Bonchev–Trinajstić information content (AvgIpc) is 3.02. The van der Waals surface area contributed by atoms with Crippen molar-refractivity contribution in [3.8, 4) is 17.2 Å². The molecule has 0 aliphatic carbocycles. The minimum Gasteiger partial charge on any atom is -0.493 e. The van der Waals surface area contributed by atoms with E-state index in [1.165, 1.54) is 14.2 Å². The maximum Gasteiger partial charge on any atom is 0.363 e. The van der Waals surface area contributed by atoms with Crippen LogP contribution in [0.15, 0.2) is 53.2 Å². The largest absolute Gasteiger partial charge is 0.493 e. The van der Waals surface area contributed by atoms with Gasteiger partial charge in [-0.05, 0) is 30.3 Å². The molecule has 1 heterocycles. The van der Waals surface area contributed by atoms with Crippen LogP contribution in [-0.4, -0.2) is 33.2 Å². The molecule has 0 aromatic heterocycles. The summed E-state index contributed by atoms with van der Waals surface area (Å²) in [6, 6.07) is 12.7. The predicted molar refractivity (Wildman–Crippen MR) is 93.1 cm³/mol. The highest BCUT2D eigenvalue weighted by molar-refractivity contribution is 6.13. The van der Waals surface area contributed by atoms with Crippen LogP contribution >= 0.6 is 0 Å². The third kappa shape index (κ3) is 3.19. The second-order valence-corrected chi connectivity index (χ2v) is 5.13. The number of ether oxygens (including phenoxy) is 4. The van der Waals surface area contributed by atoms with Crippen molar-refractivity contribution in [1.82, 2.24) is 0 Å². The topological polar surface area (TPSA) is 66.4 Å². The van der Waals surface area contributed by atoms with E-state index in [2.05, 4.69) is 4.99 Å². The number of methoxy groups -OCH3 is 3. The molecule has 0 fully saturated rings. The minimum absolute atomic E-state index is 0.185. The molecule has 0 amide bonds. The Bertz CT molecular complexity index is 856. The number of carbonyl (C=O) groups is 1. The second kappa shape index (κ2) is 7.09. The smallest absolute Gasteiger partial charge is 0.363 e. The van der Waals surface area contributed by atoms with E-state index >= 15 is 0 Å². The molecular weight excluding hydrogens is 322 g/mol. The first-order valence-electron chi connectivity index (χ1n) is 7.55. The molecule has 0 spiro atoms. The van der Waals surface area contributed by atoms with Crippen molar-refractivity contribution in [3.63, 3.8) is 0 Å². The normalized spacial score (nSPS) is 14.9. The molecule has 2 aromatic rings. The summed E-state index contributed by atoms with van der Waals surface area (Å²) >= 11 is 0. The van der Waals surface area contributed by atoms with Crippen molar-refractivity contribution < 1.29 is 23.7 Å². The molecule has 0 saturated carbocycles. The van der Waals surface area contributed by atoms with Crippen LogP contribution in [0.4, 0.5) is 0 Å². The number of carbonyl (C=O) groups excluding carboxylic acids is 1. The summed E-state index contributed by atoms with van der Waals surface area (Å²) in [5.41, 5.74) is 1.55. The van der Waals surface area contributed by atoms with Crippen LogP contribution in [0.2, 0.25) is 0 Å². The number of cyclic esters (lactones) is 1. The van der Waals surface area contributed by atoms with E-state index in [9.17, 15) is 4.79 Å². The van der Waals surface area contributed by atoms with E-state index in [-0.39, 0.29) is 11.6 Å². The summed E-state index contributed by atoms with van der Waals surface area (Å²) in [7, 11) is 4.58. The Morgan fingerprint density at radius 3 is 2.28 bits per heavy atom. The first-order chi connectivity index (χ1) is 12.2. The first kappa shape index (κ1) is 16.6. The molecule has 0 N–H and O–H groups in total. The zero-order valence-electron chi connectivity index (χ0n) is 14.1. The third-order valence-electron chi connectivity index (χ3n) is 3.67. The van der Waals surface area contributed by atoms with Crippen molar-refractivity contribution in [2.24, 2.45) is 4.99 Å². The van der Waals surface area contributed by atoms with Crippen molar-refractivity contribution in [3.05, 3.63) is 59.3 Å². The van der Waals surface area contributed by atoms with Crippen molar-refractivity contribution in [2.45, 2.75) is 0 Å². The van der Waals surface area contributed by atoms with Crippen LogP contribution in [0, 0.1) is 0 Å². The van der Waals surface area contributed by atoms with E-state index < -0.39 is 5.97 Å². The van der Waals surface area contributed by atoms with Gasteiger partial charge in [0.05, 0.1) is 21.3 Å². The van der Waals surface area contributed by atoms with Gasteiger partial charge in [0.15, 0.2) is 17.2 Å². The van der Waals surface area contributed by atoms with Gasteiger partial charge in [-0.2, -0.15) is 0 Å². The van der Waals surface area contributed by atoms with Gasteiger partial charge >= 0.3 is 5.97 Å². The summed E-state index contributed by atoms with van der Waals surface area (Å²) < 4.78 is 21.3. The Hall–Kier alpha value is -3.28. The lowest BCUT2D eigenvalue weighted by molar-refractivity contribution is -0.129. The van der Waals surface area contributed by atoms with Crippen LogP contribution in [0.1, 0.15) is 11.1 Å². The lowest BCUT2D eigenvalue weighted by atomic mass is 10.1. The summed E-state index contributed by atoms with van der Waals surface area (Å²) in [4.78, 5) is 16.4. The average molecular weight is 339 g/mol. The van der Waals surface area contributed by atoms with Crippen molar-refractivity contribution in [2.75, 3.05) is 21.3 Å². The lowest BCUT2D eigenvalue weighted by Gasteiger charge is -2.14. The van der Waals surface area contributed by atoms with Crippen LogP contribution in [0.5, 0.6) is 17.2 Å². The molecule has 3 rings (SSSR count). The molecule has 0 bridgehead atoms. The number of benzene rings is 2. The second-order valence-electron chi connectivity index (χ2n) is 5.13. The number of hydrogen-bond acceptors (Lipinski definition) is 6. The van der Waals surface area contributed by atoms with E-state index in [1.54, 1.807) is 25.3 Å². The maximum atomic E-state index is 12.1. The van der Waals surface area contributed by atoms with Crippen LogP contribution in [0.25, 0.3) is 6.08 Å². The quantitative estimate of drug-likeness (QED) is 0.619. The highest BCUT2D eigenvalue weighted by Crippen LogP contribution is 2.40. The fraction of sp³-hybridized carbons (Fsp3) is 0.158. The van der Waals surface area contributed by atoms with Crippen molar-refractivity contribution in [1.29, 1.82) is 0 Å². The number of aliphatic imine (C=N–C) groups is 1. The monoisotopic (exact) mass is 339 g/mol. The Morgan fingerprint density at radius 1 is 0.920 bits per heavy atom. The van der Waals surface area contributed by atoms with Gasteiger partial charge < -0.3 is 18.9 Å². The predicted octanol–water partition coefficient (Wildman–Crippen LogP) is 3.06. The zero-order chi connectivity index (χ0) is 17.8. The standard InChI is InChI=1S/C19H17NO5/c1-22-15-10-9-13(16(23-2)17(15)24-3)11-14-19(21)25-18(20-14)12-7-5-4-6-8-12/h4-11H,1-3H3. The molecule has 1 aliphatic heterocycles. The molecule has 0 atom stereocenters. The van der Waals surface area contributed by atoms with E-state index in [0.29, 0.717) is 22.8 Å². The fourth-order valence-corrected chi connectivity index (χ4v) is 2.50. The van der Waals surface area contributed by atoms with Gasteiger partial charge in [-0.3, -0.25) is 0 Å². The Balaban J connectivity index is 2.03. The Labute approximate surface area is 145 Å². The van der Waals surface area contributed by atoms with Gasteiger partial charge in [0.1, 0.15) is 0 Å². The third-order valence-corrected chi connectivity index (χ3v) is 3.67. The fourth-order valence-electron chi connectivity index (χ4n) is 2.50. The first-order valence-corrected chi connectivity index (χ1v) is 7.55. The summed E-state index contributed by atoms with van der Waals surface area (Å²) in [6.45, 7) is 0. The van der Waals surface area contributed by atoms with Gasteiger partial charge in [0, 0.05) is 11.1 Å². The highest BCUT2D eigenvalue weighted by Gasteiger charge is 2.25. The lowest BCUT2D eigenvalue weighted by Crippen LogP contribution is -2.05. The molecule has 0 saturated heterocycles. The molecule has 0 unspecified atom stereocenters. The van der Waals surface area contributed by atoms with Gasteiger partial charge in [0.25, 0.3) is 0 Å². The minimum atomic E-state index is -0.518. The summed E-state index contributed by atoms with van der Waals surface area (Å²) in [6.07, 6.45) is 1.60. The summed E-state index contributed by atoms with van der Waals surface area (Å²) in [5.74, 6) is 1.18. The highest BCUT2D eigenvalue weighted by atomic mass is 16.6. The number of rotatable bonds is 5. The van der Waals surface area contributed by atoms with Crippen molar-refractivity contribution >= 4 is 17.9 Å². The molecule has 25 heavy (non-hydrogen) atoms. The SMILES string of the molecule is COc1ccc(C=C2N=C(c3ccccc3)OC2=O)c(OC)c1OC. The number of esters is 1. The van der Waals surface area contributed by atoms with Crippen LogP contribution in [-0.2, 0) is 9.53 Å². The molecule has 1 aliphatic rings. The van der Waals surface area contributed by atoms with E-state index in [4.69, 9.17) is 18.9 Å². The van der Waals surface area contributed by atoms with Gasteiger partial charge in [-0.15, -0.1) is 0 Å². The molecule has 6 nitrogen and oxygen atoms in total. The molecular formula is C19H17NO5. The molecule has 0 radical (unpaired) electrons. The Kier molecular flexibility index (Phi) is 4.70. The molecule has 128 valence electrons. The number of nitrogens with zero attached hydrogens (tertiary/aromatic N) is 1. The summed E-state index contributed by atoms with van der Waals surface area (Å²) in [5, 5.41) is 0. The zero-order valence-corrected chi connectivity index (χ0v) is 14.1. The van der Waals surface area contributed by atoms with Gasteiger partial charge in [-0.1, -0.05) is 18.2 Å². The maximum absolute atomic E-state index is 12.1. The molecule has 2 aromatic carbocycles. The Morgan fingerprint density at radius 2 is 1.64 bits per heavy atom. The number of hydrogen-bond donors (Lipinski definition) is 0. The van der Waals surface area contributed by atoms with Gasteiger partial charge in [0.2, 0.25) is 11.6 Å².